The van der Waals surface area contributed by atoms with Crippen molar-refractivity contribution in [2.75, 3.05) is 18.4 Å². The van der Waals surface area contributed by atoms with Crippen molar-refractivity contribution in [3.63, 3.8) is 0 Å². The van der Waals surface area contributed by atoms with Gasteiger partial charge in [-0.05, 0) is 62.2 Å². The number of urea groups is 1. The van der Waals surface area contributed by atoms with Gasteiger partial charge in [-0.2, -0.15) is 0 Å². The Kier molecular flexibility index (Phi) is 8.24. The molecule has 0 aliphatic carbocycles. The number of rotatable bonds is 10. The van der Waals surface area contributed by atoms with Crippen molar-refractivity contribution in [1.29, 1.82) is 0 Å². The maximum Gasteiger partial charge on any atom is 0.322 e. The number of amides is 3. The van der Waals surface area contributed by atoms with E-state index in [4.69, 9.17) is 8.83 Å². The van der Waals surface area contributed by atoms with E-state index in [1.165, 1.54) is 4.90 Å². The Bertz CT molecular complexity index is 1250. The summed E-state index contributed by atoms with van der Waals surface area (Å²) in [5.41, 5.74) is 2.89. The molecule has 0 saturated carbocycles. The third kappa shape index (κ3) is 7.12. The van der Waals surface area contributed by atoms with Gasteiger partial charge in [0.25, 0.3) is 0 Å². The lowest BCUT2D eigenvalue weighted by molar-refractivity contribution is -0.132. The average Bonchev–Trinajstić information content (AvgIpc) is 3.54. The highest BCUT2D eigenvalue weighted by molar-refractivity contribution is 5.92. The quantitative estimate of drug-likeness (QED) is 0.308. The first-order valence-corrected chi connectivity index (χ1v) is 12.0. The fraction of sp³-hybridized carbons (Fsp3) is 0.241. The number of anilines is 1. The molecule has 0 radical (unpaired) electrons. The molecule has 0 aliphatic rings. The highest BCUT2D eigenvalue weighted by atomic mass is 16.3. The summed E-state index contributed by atoms with van der Waals surface area (Å²) in [5.74, 6) is 1.91. The molecule has 0 spiro atoms. The number of aryl methyl sites for hydroxylation is 2. The minimum absolute atomic E-state index is 0.104. The summed E-state index contributed by atoms with van der Waals surface area (Å²) in [4.78, 5) is 30.0. The number of hydrogen-bond donors (Lipinski definition) is 1. The summed E-state index contributed by atoms with van der Waals surface area (Å²) in [6, 6.07) is 24.5. The maximum absolute atomic E-state index is 13.5. The molecule has 2 aromatic carbocycles. The standard InChI is InChI=1S/C29H31N3O4/c1-22-10-13-25(14-11-22)30-29(34)32(19-26-9-6-18-35-26)21-28(33)31(20-27-15-12-23(2)36-27)17-16-24-7-4-3-5-8-24/h3-15,18H,16-17,19-21H2,1-2H3,(H,30,34). The normalized spacial score (nSPS) is 10.7. The van der Waals surface area contributed by atoms with Crippen LogP contribution >= 0.6 is 0 Å². The molecular weight excluding hydrogens is 454 g/mol. The Morgan fingerprint density at radius 1 is 0.806 bits per heavy atom. The zero-order valence-electron chi connectivity index (χ0n) is 20.6. The van der Waals surface area contributed by atoms with E-state index in [-0.39, 0.29) is 25.0 Å². The van der Waals surface area contributed by atoms with E-state index in [1.807, 2.05) is 80.6 Å². The summed E-state index contributed by atoms with van der Waals surface area (Å²) in [6.45, 7) is 4.75. The van der Waals surface area contributed by atoms with E-state index >= 15 is 0 Å². The van der Waals surface area contributed by atoms with Crippen LogP contribution in [0.5, 0.6) is 0 Å². The molecule has 4 aromatic rings. The van der Waals surface area contributed by atoms with Crippen molar-refractivity contribution in [1.82, 2.24) is 9.80 Å². The molecule has 1 N–H and O–H groups in total. The van der Waals surface area contributed by atoms with Gasteiger partial charge >= 0.3 is 6.03 Å². The zero-order valence-corrected chi connectivity index (χ0v) is 20.6. The van der Waals surface area contributed by atoms with Crippen LogP contribution in [0.15, 0.2) is 94.0 Å². The van der Waals surface area contributed by atoms with Crippen molar-refractivity contribution in [2.24, 2.45) is 0 Å². The first-order valence-electron chi connectivity index (χ1n) is 12.0. The first-order chi connectivity index (χ1) is 17.5. The number of nitrogens with zero attached hydrogens (tertiary/aromatic N) is 2. The van der Waals surface area contributed by atoms with Crippen LogP contribution in [-0.4, -0.2) is 34.8 Å². The fourth-order valence-corrected chi connectivity index (χ4v) is 3.85. The molecule has 4 rings (SSSR count). The predicted molar refractivity (Wildman–Crippen MR) is 138 cm³/mol. The lowest BCUT2D eigenvalue weighted by Crippen LogP contribution is -2.44. The summed E-state index contributed by atoms with van der Waals surface area (Å²) in [7, 11) is 0. The van der Waals surface area contributed by atoms with Gasteiger partial charge in [0.1, 0.15) is 23.8 Å². The number of hydrogen-bond acceptors (Lipinski definition) is 4. The van der Waals surface area contributed by atoms with E-state index in [9.17, 15) is 9.59 Å². The van der Waals surface area contributed by atoms with Crippen LogP contribution in [0.25, 0.3) is 0 Å². The van der Waals surface area contributed by atoms with Crippen molar-refractivity contribution in [3.8, 4) is 0 Å². The van der Waals surface area contributed by atoms with Gasteiger partial charge in [-0.3, -0.25) is 4.79 Å². The molecule has 186 valence electrons. The van der Waals surface area contributed by atoms with Gasteiger partial charge in [-0.15, -0.1) is 0 Å². The Morgan fingerprint density at radius 2 is 1.56 bits per heavy atom. The Hall–Kier alpha value is -4.26. The highest BCUT2D eigenvalue weighted by Gasteiger charge is 2.23. The van der Waals surface area contributed by atoms with Gasteiger partial charge in [0.05, 0.1) is 19.4 Å². The van der Waals surface area contributed by atoms with Crippen LogP contribution in [0.4, 0.5) is 10.5 Å². The number of furan rings is 2. The first kappa shape index (κ1) is 24.9. The molecule has 0 unspecified atom stereocenters. The maximum atomic E-state index is 13.5. The van der Waals surface area contributed by atoms with Crippen molar-refractivity contribution >= 4 is 17.6 Å². The summed E-state index contributed by atoms with van der Waals surface area (Å²) in [5, 5.41) is 2.89. The molecular formula is C29H31N3O4. The van der Waals surface area contributed by atoms with Gasteiger partial charge in [-0.25, -0.2) is 4.79 Å². The minimum atomic E-state index is -0.375. The summed E-state index contributed by atoms with van der Waals surface area (Å²) in [6.07, 6.45) is 2.25. The van der Waals surface area contributed by atoms with Crippen LogP contribution in [0.1, 0.15) is 28.4 Å². The summed E-state index contributed by atoms with van der Waals surface area (Å²) >= 11 is 0. The molecule has 2 heterocycles. The van der Waals surface area contributed by atoms with Crippen LogP contribution in [0, 0.1) is 13.8 Å². The average molecular weight is 486 g/mol. The van der Waals surface area contributed by atoms with Crippen LogP contribution in [0.2, 0.25) is 0 Å². The lowest BCUT2D eigenvalue weighted by Gasteiger charge is -2.27. The van der Waals surface area contributed by atoms with Gasteiger partial charge in [0.2, 0.25) is 5.91 Å². The highest BCUT2D eigenvalue weighted by Crippen LogP contribution is 2.15. The van der Waals surface area contributed by atoms with Gasteiger partial charge in [0.15, 0.2) is 0 Å². The van der Waals surface area contributed by atoms with E-state index in [0.29, 0.717) is 36.7 Å². The van der Waals surface area contributed by atoms with E-state index in [2.05, 4.69) is 5.32 Å². The van der Waals surface area contributed by atoms with Crippen molar-refractivity contribution in [3.05, 3.63) is 114 Å². The SMILES string of the molecule is Cc1ccc(NC(=O)N(CC(=O)N(CCc2ccccc2)Cc2ccc(C)o2)Cc2ccco2)cc1. The Morgan fingerprint density at radius 3 is 2.22 bits per heavy atom. The minimum Gasteiger partial charge on any atom is -0.467 e. The largest absolute Gasteiger partial charge is 0.467 e. The number of carbonyl (C=O) groups is 2. The third-order valence-corrected chi connectivity index (χ3v) is 5.85. The van der Waals surface area contributed by atoms with E-state index in [0.717, 1.165) is 16.9 Å². The second-order valence-corrected chi connectivity index (χ2v) is 8.79. The molecule has 0 saturated heterocycles. The van der Waals surface area contributed by atoms with Crippen LogP contribution in [-0.2, 0) is 24.3 Å². The molecule has 3 amide bonds. The molecule has 7 nitrogen and oxygen atoms in total. The van der Waals surface area contributed by atoms with Gasteiger partial charge in [-0.1, -0.05) is 48.0 Å². The lowest BCUT2D eigenvalue weighted by atomic mass is 10.1. The van der Waals surface area contributed by atoms with E-state index < -0.39 is 0 Å². The van der Waals surface area contributed by atoms with Crippen molar-refractivity contribution in [2.45, 2.75) is 33.4 Å². The zero-order chi connectivity index (χ0) is 25.3. The topological polar surface area (TPSA) is 78.9 Å². The number of nitrogens with one attached hydrogen (secondary N) is 1. The second kappa shape index (κ2) is 11.9. The fourth-order valence-electron chi connectivity index (χ4n) is 3.85. The molecule has 36 heavy (non-hydrogen) atoms. The molecule has 7 heteroatoms. The smallest absolute Gasteiger partial charge is 0.322 e. The van der Waals surface area contributed by atoms with Crippen LogP contribution < -0.4 is 5.32 Å². The molecule has 0 fully saturated rings. The Labute approximate surface area is 211 Å². The molecule has 0 atom stereocenters. The van der Waals surface area contributed by atoms with Gasteiger partial charge in [0, 0.05) is 12.2 Å². The molecule has 0 aliphatic heterocycles. The molecule has 0 bridgehead atoms. The Balaban J connectivity index is 1.50. The van der Waals surface area contributed by atoms with Crippen molar-refractivity contribution < 1.29 is 18.4 Å². The van der Waals surface area contributed by atoms with Gasteiger partial charge < -0.3 is 24.0 Å². The molecule has 2 aromatic heterocycles. The number of carbonyl (C=O) groups excluding carboxylic acids is 2. The third-order valence-electron chi connectivity index (χ3n) is 5.85. The van der Waals surface area contributed by atoms with Crippen LogP contribution in [0.3, 0.4) is 0 Å². The summed E-state index contributed by atoms with van der Waals surface area (Å²) < 4.78 is 11.2. The number of benzene rings is 2. The second-order valence-electron chi connectivity index (χ2n) is 8.79. The monoisotopic (exact) mass is 485 g/mol. The predicted octanol–water partition coefficient (Wildman–Crippen LogP) is 5.80. The van der Waals surface area contributed by atoms with E-state index in [1.54, 1.807) is 23.3 Å².